The first kappa shape index (κ1) is 16.4. The average molecular weight is 360 g/mol. The van der Waals surface area contributed by atoms with Gasteiger partial charge in [-0.15, -0.1) is 11.3 Å². The van der Waals surface area contributed by atoms with Gasteiger partial charge in [0.1, 0.15) is 0 Å². The van der Waals surface area contributed by atoms with Gasteiger partial charge in [0.15, 0.2) is 0 Å². The first-order valence-electron chi connectivity index (χ1n) is 7.29. The molecule has 2 atom stereocenters. The van der Waals surface area contributed by atoms with Crippen LogP contribution in [0.2, 0.25) is 0 Å². The smallest absolute Gasteiger partial charge is 0.0702 e. The van der Waals surface area contributed by atoms with Crippen molar-refractivity contribution in [1.29, 1.82) is 0 Å². The van der Waals surface area contributed by atoms with Gasteiger partial charge in [0.25, 0.3) is 0 Å². The van der Waals surface area contributed by atoms with Crippen molar-refractivity contribution in [2.45, 2.75) is 45.3 Å². The summed E-state index contributed by atoms with van der Waals surface area (Å²) < 4.78 is 1.19. The van der Waals surface area contributed by atoms with Gasteiger partial charge in [-0.1, -0.05) is 0 Å². The van der Waals surface area contributed by atoms with E-state index >= 15 is 0 Å². The molecule has 2 rings (SSSR count). The summed E-state index contributed by atoms with van der Waals surface area (Å²) in [5, 5.41) is 0. The van der Waals surface area contributed by atoms with Crippen LogP contribution in [0.25, 0.3) is 0 Å². The zero-order chi connectivity index (χ0) is 14.9. The lowest BCUT2D eigenvalue weighted by atomic mass is 10.0. The van der Waals surface area contributed by atoms with Crippen molar-refractivity contribution < 1.29 is 0 Å². The van der Waals surface area contributed by atoms with Gasteiger partial charge >= 0.3 is 0 Å². The molecule has 3 nitrogen and oxygen atoms in total. The normalized spacial score (nSPS) is 21.9. The number of nitrogens with zero attached hydrogens (tertiary/aromatic N) is 2. The SMILES string of the molecule is CC(N)C(c1ccc(Br)s1)N1CCN(C(C)(C)C)CC1. The monoisotopic (exact) mass is 359 g/mol. The van der Waals surface area contributed by atoms with E-state index in [4.69, 9.17) is 5.73 Å². The number of halogens is 1. The number of hydrogen-bond acceptors (Lipinski definition) is 4. The molecule has 5 heteroatoms. The molecule has 1 aromatic heterocycles. The van der Waals surface area contributed by atoms with Gasteiger partial charge in [-0.3, -0.25) is 9.80 Å². The summed E-state index contributed by atoms with van der Waals surface area (Å²) in [6, 6.07) is 4.83. The van der Waals surface area contributed by atoms with Gasteiger partial charge in [-0.25, -0.2) is 0 Å². The van der Waals surface area contributed by atoms with Gasteiger partial charge in [0, 0.05) is 42.6 Å². The van der Waals surface area contributed by atoms with E-state index in [-0.39, 0.29) is 11.6 Å². The Bertz CT molecular complexity index is 431. The first-order valence-corrected chi connectivity index (χ1v) is 8.90. The standard InChI is InChI=1S/C15H26BrN3S/c1-11(17)14(12-5-6-13(16)20-12)18-7-9-19(10-8-18)15(2,3)4/h5-6,11,14H,7-10,17H2,1-4H3. The van der Waals surface area contributed by atoms with Crippen LogP contribution in [0.1, 0.15) is 38.6 Å². The highest BCUT2D eigenvalue weighted by Gasteiger charge is 2.31. The lowest BCUT2D eigenvalue weighted by Crippen LogP contribution is -2.55. The number of nitrogens with two attached hydrogens (primary N) is 1. The first-order chi connectivity index (χ1) is 9.29. The zero-order valence-electron chi connectivity index (χ0n) is 12.9. The van der Waals surface area contributed by atoms with Crippen LogP contribution in [0.4, 0.5) is 0 Å². The lowest BCUT2D eigenvalue weighted by Gasteiger charge is -2.45. The molecule has 0 aromatic carbocycles. The summed E-state index contributed by atoms with van der Waals surface area (Å²) in [6.07, 6.45) is 0. The largest absolute Gasteiger partial charge is 0.326 e. The molecule has 114 valence electrons. The van der Waals surface area contributed by atoms with Crippen LogP contribution in [0.5, 0.6) is 0 Å². The fourth-order valence-corrected chi connectivity index (χ4v) is 4.60. The average Bonchev–Trinajstić information content (AvgIpc) is 2.75. The minimum Gasteiger partial charge on any atom is -0.326 e. The van der Waals surface area contributed by atoms with Gasteiger partial charge in [-0.05, 0) is 55.8 Å². The third-order valence-corrected chi connectivity index (χ3v) is 5.73. The molecule has 1 fully saturated rings. The summed E-state index contributed by atoms with van der Waals surface area (Å²) in [7, 11) is 0. The van der Waals surface area contributed by atoms with Gasteiger partial charge < -0.3 is 5.73 Å². The summed E-state index contributed by atoms with van der Waals surface area (Å²) >= 11 is 5.37. The second-order valence-corrected chi connectivity index (χ2v) is 9.13. The molecule has 0 spiro atoms. The molecule has 20 heavy (non-hydrogen) atoms. The zero-order valence-corrected chi connectivity index (χ0v) is 15.3. The molecule has 1 aliphatic heterocycles. The molecule has 0 amide bonds. The quantitative estimate of drug-likeness (QED) is 0.898. The van der Waals surface area contributed by atoms with E-state index in [1.165, 1.54) is 8.66 Å². The van der Waals surface area contributed by atoms with Gasteiger partial charge in [0.2, 0.25) is 0 Å². The fraction of sp³-hybridized carbons (Fsp3) is 0.733. The number of thiophene rings is 1. The van der Waals surface area contributed by atoms with E-state index in [1.54, 1.807) is 11.3 Å². The minimum absolute atomic E-state index is 0.154. The van der Waals surface area contributed by atoms with Crippen LogP contribution in [0, 0.1) is 0 Å². The van der Waals surface area contributed by atoms with Crippen LogP contribution in [0.15, 0.2) is 15.9 Å². The number of piperazine rings is 1. The van der Waals surface area contributed by atoms with Crippen molar-refractivity contribution in [2.24, 2.45) is 5.73 Å². The second kappa shape index (κ2) is 6.44. The highest BCUT2D eigenvalue weighted by Crippen LogP contribution is 2.33. The molecule has 0 aliphatic carbocycles. The number of rotatable bonds is 3. The predicted molar refractivity (Wildman–Crippen MR) is 91.3 cm³/mol. The van der Waals surface area contributed by atoms with Crippen LogP contribution in [0.3, 0.4) is 0 Å². The van der Waals surface area contributed by atoms with E-state index in [9.17, 15) is 0 Å². The maximum absolute atomic E-state index is 6.27. The maximum Gasteiger partial charge on any atom is 0.0702 e. The number of hydrogen-bond donors (Lipinski definition) is 1. The molecular weight excluding hydrogens is 334 g/mol. The topological polar surface area (TPSA) is 32.5 Å². The Labute approximate surface area is 135 Å². The van der Waals surface area contributed by atoms with Crippen molar-refractivity contribution in [1.82, 2.24) is 9.80 Å². The fourth-order valence-electron chi connectivity index (χ4n) is 2.93. The molecular formula is C15H26BrN3S. The van der Waals surface area contributed by atoms with Crippen LogP contribution >= 0.6 is 27.3 Å². The molecule has 2 heterocycles. The van der Waals surface area contributed by atoms with Crippen molar-refractivity contribution in [3.05, 3.63) is 20.8 Å². The van der Waals surface area contributed by atoms with Crippen LogP contribution in [-0.4, -0.2) is 47.6 Å². The summed E-state index contributed by atoms with van der Waals surface area (Å²) in [5.41, 5.74) is 6.53. The van der Waals surface area contributed by atoms with E-state index in [1.807, 2.05) is 0 Å². The lowest BCUT2D eigenvalue weighted by molar-refractivity contribution is 0.0377. The molecule has 1 aliphatic rings. The molecule has 1 saturated heterocycles. The highest BCUT2D eigenvalue weighted by atomic mass is 79.9. The Morgan fingerprint density at radius 1 is 1.20 bits per heavy atom. The molecule has 0 bridgehead atoms. The third-order valence-electron chi connectivity index (χ3n) is 4.04. The Morgan fingerprint density at radius 3 is 2.20 bits per heavy atom. The second-order valence-electron chi connectivity index (χ2n) is 6.64. The predicted octanol–water partition coefficient (Wildman–Crippen LogP) is 3.32. The van der Waals surface area contributed by atoms with E-state index in [2.05, 4.69) is 65.6 Å². The van der Waals surface area contributed by atoms with E-state index < -0.39 is 0 Å². The third kappa shape index (κ3) is 3.83. The Morgan fingerprint density at radius 2 is 1.80 bits per heavy atom. The van der Waals surface area contributed by atoms with Crippen molar-refractivity contribution >= 4 is 27.3 Å². The molecule has 0 saturated carbocycles. The molecule has 0 radical (unpaired) electrons. The van der Waals surface area contributed by atoms with E-state index in [0.717, 1.165) is 26.2 Å². The summed E-state index contributed by atoms with van der Waals surface area (Å²) in [6.45, 7) is 13.4. The van der Waals surface area contributed by atoms with Crippen LogP contribution < -0.4 is 5.73 Å². The minimum atomic E-state index is 0.154. The van der Waals surface area contributed by atoms with Gasteiger partial charge in [0.05, 0.1) is 9.83 Å². The van der Waals surface area contributed by atoms with Crippen molar-refractivity contribution in [2.75, 3.05) is 26.2 Å². The molecule has 1 aromatic rings. The molecule has 2 N–H and O–H groups in total. The Hall–Kier alpha value is 0.0600. The van der Waals surface area contributed by atoms with E-state index in [0.29, 0.717) is 6.04 Å². The summed E-state index contributed by atoms with van der Waals surface area (Å²) in [4.78, 5) is 6.48. The summed E-state index contributed by atoms with van der Waals surface area (Å²) in [5.74, 6) is 0. The Kier molecular flexibility index (Phi) is 5.29. The van der Waals surface area contributed by atoms with Crippen LogP contribution in [-0.2, 0) is 0 Å². The highest BCUT2D eigenvalue weighted by molar-refractivity contribution is 9.11. The van der Waals surface area contributed by atoms with Crippen molar-refractivity contribution in [3.8, 4) is 0 Å². The maximum atomic E-state index is 6.27. The van der Waals surface area contributed by atoms with Crippen molar-refractivity contribution in [3.63, 3.8) is 0 Å². The van der Waals surface area contributed by atoms with Gasteiger partial charge in [-0.2, -0.15) is 0 Å². The Balaban J connectivity index is 2.06. The molecule has 2 unspecified atom stereocenters.